The van der Waals surface area contributed by atoms with Crippen molar-refractivity contribution in [1.82, 2.24) is 5.32 Å². The van der Waals surface area contributed by atoms with Gasteiger partial charge in [0.05, 0.1) is 0 Å². The normalized spacial score (nSPS) is 9.47. The molecule has 5 heteroatoms. The molecule has 15 heavy (non-hydrogen) atoms. The molecule has 0 saturated carbocycles. The first kappa shape index (κ1) is 11.6. The van der Waals surface area contributed by atoms with Gasteiger partial charge in [-0.05, 0) is 24.4 Å². The van der Waals surface area contributed by atoms with Crippen molar-refractivity contribution in [3.63, 3.8) is 0 Å². The van der Waals surface area contributed by atoms with E-state index in [0.29, 0.717) is 6.54 Å². The van der Waals surface area contributed by atoms with Crippen molar-refractivity contribution >= 4 is 23.0 Å². The van der Waals surface area contributed by atoms with Crippen molar-refractivity contribution in [2.24, 2.45) is 0 Å². The van der Waals surface area contributed by atoms with Crippen LogP contribution in [0.5, 0.6) is 0 Å². The van der Waals surface area contributed by atoms with Gasteiger partial charge in [-0.3, -0.25) is 0 Å². The van der Waals surface area contributed by atoms with Gasteiger partial charge in [0.2, 0.25) is 0 Å². The van der Waals surface area contributed by atoms with Gasteiger partial charge < -0.3 is 10.6 Å². The lowest BCUT2D eigenvalue weighted by Gasteiger charge is -2.10. The van der Waals surface area contributed by atoms with E-state index in [0.717, 1.165) is 12.1 Å². The van der Waals surface area contributed by atoms with E-state index >= 15 is 0 Å². The summed E-state index contributed by atoms with van der Waals surface area (Å²) in [5, 5.41) is 5.29. The molecule has 2 nitrogen and oxygen atoms in total. The van der Waals surface area contributed by atoms with E-state index in [1.807, 2.05) is 0 Å². The van der Waals surface area contributed by atoms with Crippen LogP contribution in [0.4, 0.5) is 14.5 Å². The summed E-state index contributed by atoms with van der Waals surface area (Å²) in [6.45, 7) is 3.91. The van der Waals surface area contributed by atoms with Gasteiger partial charge in [0.15, 0.2) is 5.11 Å². The molecular formula is C10H10F2N2S. The number of benzene rings is 1. The molecule has 80 valence electrons. The quantitative estimate of drug-likeness (QED) is 0.613. The number of halogens is 2. The molecule has 0 saturated heterocycles. The highest BCUT2D eigenvalue weighted by Gasteiger charge is 2.08. The van der Waals surface area contributed by atoms with Crippen molar-refractivity contribution in [3.05, 3.63) is 42.5 Å². The Bertz CT molecular complexity index is 359. The second-order valence-electron chi connectivity index (χ2n) is 2.72. The molecule has 1 aromatic rings. The Morgan fingerprint density at radius 1 is 1.40 bits per heavy atom. The number of thiocarbonyl (C=S) groups is 1. The van der Waals surface area contributed by atoms with Crippen LogP contribution in [0.25, 0.3) is 0 Å². The maximum atomic E-state index is 13.1. The monoisotopic (exact) mass is 228 g/mol. The standard InChI is InChI=1S/C10H10F2N2S/c1-2-6-13-10(15)14-9-7(11)4-3-5-8(9)12/h2-5H,1,6H2,(H2,13,14,15). The topological polar surface area (TPSA) is 24.1 Å². The van der Waals surface area contributed by atoms with Gasteiger partial charge >= 0.3 is 0 Å². The number of nitrogens with one attached hydrogen (secondary N) is 2. The molecule has 0 atom stereocenters. The molecule has 0 aliphatic rings. The van der Waals surface area contributed by atoms with E-state index in [-0.39, 0.29) is 10.8 Å². The summed E-state index contributed by atoms with van der Waals surface area (Å²) >= 11 is 4.82. The lowest BCUT2D eigenvalue weighted by atomic mass is 10.3. The highest BCUT2D eigenvalue weighted by molar-refractivity contribution is 7.80. The Hall–Kier alpha value is -1.49. The Morgan fingerprint density at radius 2 is 2.00 bits per heavy atom. The van der Waals surface area contributed by atoms with E-state index < -0.39 is 11.6 Å². The van der Waals surface area contributed by atoms with Gasteiger partial charge in [-0.25, -0.2) is 8.78 Å². The molecule has 0 radical (unpaired) electrons. The van der Waals surface area contributed by atoms with Crippen LogP contribution in [0.3, 0.4) is 0 Å². The lowest BCUT2D eigenvalue weighted by Crippen LogP contribution is -2.29. The van der Waals surface area contributed by atoms with Crippen LogP contribution in [-0.2, 0) is 0 Å². The summed E-state index contributed by atoms with van der Waals surface area (Å²) in [7, 11) is 0. The molecule has 1 aromatic carbocycles. The molecule has 0 aliphatic heterocycles. The highest BCUT2D eigenvalue weighted by atomic mass is 32.1. The molecule has 0 amide bonds. The Labute approximate surface area is 92.0 Å². The fourth-order valence-corrected chi connectivity index (χ4v) is 1.13. The first-order valence-electron chi connectivity index (χ1n) is 4.25. The van der Waals surface area contributed by atoms with Gasteiger partial charge in [0.1, 0.15) is 17.3 Å². The van der Waals surface area contributed by atoms with Crippen molar-refractivity contribution in [2.45, 2.75) is 0 Å². The molecule has 0 bridgehead atoms. The number of hydrogen-bond acceptors (Lipinski definition) is 1. The van der Waals surface area contributed by atoms with Crippen LogP contribution < -0.4 is 10.6 Å². The average molecular weight is 228 g/mol. The number of para-hydroxylation sites is 1. The molecule has 1 rings (SSSR count). The number of anilines is 1. The number of rotatable bonds is 3. The molecule has 0 aliphatic carbocycles. The largest absolute Gasteiger partial charge is 0.359 e. The lowest BCUT2D eigenvalue weighted by molar-refractivity contribution is 0.591. The third-order valence-electron chi connectivity index (χ3n) is 1.61. The van der Waals surface area contributed by atoms with E-state index in [9.17, 15) is 8.78 Å². The van der Waals surface area contributed by atoms with E-state index in [1.165, 1.54) is 6.07 Å². The van der Waals surface area contributed by atoms with E-state index in [4.69, 9.17) is 12.2 Å². The van der Waals surface area contributed by atoms with Crippen molar-refractivity contribution in [2.75, 3.05) is 11.9 Å². The minimum atomic E-state index is -0.683. The maximum absolute atomic E-state index is 13.1. The average Bonchev–Trinajstić information content (AvgIpc) is 2.21. The summed E-state index contributed by atoms with van der Waals surface area (Å²) < 4.78 is 26.2. The second-order valence-corrected chi connectivity index (χ2v) is 3.13. The first-order valence-corrected chi connectivity index (χ1v) is 4.65. The zero-order chi connectivity index (χ0) is 11.3. The van der Waals surface area contributed by atoms with Gasteiger partial charge in [-0.15, -0.1) is 6.58 Å². The molecule has 0 aromatic heterocycles. The molecule has 0 heterocycles. The van der Waals surface area contributed by atoms with Crippen molar-refractivity contribution in [1.29, 1.82) is 0 Å². The second kappa shape index (κ2) is 5.41. The minimum Gasteiger partial charge on any atom is -0.359 e. The van der Waals surface area contributed by atoms with Gasteiger partial charge in [0, 0.05) is 6.54 Å². The minimum absolute atomic E-state index is 0.152. The summed E-state index contributed by atoms with van der Waals surface area (Å²) in [5.41, 5.74) is -0.251. The smallest absolute Gasteiger partial charge is 0.171 e. The van der Waals surface area contributed by atoms with E-state index in [2.05, 4.69) is 17.2 Å². The van der Waals surface area contributed by atoms with Crippen LogP contribution in [0.1, 0.15) is 0 Å². The molecule has 0 unspecified atom stereocenters. The predicted molar refractivity (Wildman–Crippen MR) is 60.8 cm³/mol. The first-order chi connectivity index (χ1) is 7.15. The molecule has 0 spiro atoms. The molecule has 0 fully saturated rings. The Kier molecular flexibility index (Phi) is 4.17. The Balaban J connectivity index is 2.71. The molecule has 2 N–H and O–H groups in total. The van der Waals surface area contributed by atoms with Gasteiger partial charge in [-0.2, -0.15) is 0 Å². The number of hydrogen-bond donors (Lipinski definition) is 2. The van der Waals surface area contributed by atoms with Gasteiger partial charge in [0.25, 0.3) is 0 Å². The van der Waals surface area contributed by atoms with Crippen LogP contribution in [-0.4, -0.2) is 11.7 Å². The Morgan fingerprint density at radius 3 is 2.53 bits per heavy atom. The van der Waals surface area contributed by atoms with Crippen molar-refractivity contribution < 1.29 is 8.78 Å². The zero-order valence-electron chi connectivity index (χ0n) is 7.89. The zero-order valence-corrected chi connectivity index (χ0v) is 8.70. The summed E-state index contributed by atoms with van der Waals surface area (Å²) in [6, 6.07) is 3.60. The molecular weight excluding hydrogens is 218 g/mol. The summed E-state index contributed by atoms with van der Waals surface area (Å²) in [6.07, 6.45) is 1.59. The van der Waals surface area contributed by atoms with E-state index in [1.54, 1.807) is 6.08 Å². The highest BCUT2D eigenvalue weighted by Crippen LogP contribution is 2.17. The maximum Gasteiger partial charge on any atom is 0.171 e. The van der Waals surface area contributed by atoms with Crippen LogP contribution in [0, 0.1) is 11.6 Å². The predicted octanol–water partition coefficient (Wildman–Crippen LogP) is 2.44. The van der Waals surface area contributed by atoms with Gasteiger partial charge in [-0.1, -0.05) is 12.1 Å². The third-order valence-corrected chi connectivity index (χ3v) is 1.85. The SMILES string of the molecule is C=CCNC(=S)Nc1c(F)cccc1F. The van der Waals surface area contributed by atoms with Crippen LogP contribution >= 0.6 is 12.2 Å². The third kappa shape index (κ3) is 3.28. The summed E-state index contributed by atoms with van der Waals surface area (Å²) in [5.74, 6) is -1.37. The van der Waals surface area contributed by atoms with Crippen molar-refractivity contribution in [3.8, 4) is 0 Å². The van der Waals surface area contributed by atoms with Crippen LogP contribution in [0.2, 0.25) is 0 Å². The summed E-state index contributed by atoms with van der Waals surface area (Å²) in [4.78, 5) is 0. The fraction of sp³-hybridized carbons (Fsp3) is 0.100. The van der Waals surface area contributed by atoms with Crippen LogP contribution in [0.15, 0.2) is 30.9 Å². The fourth-order valence-electron chi connectivity index (χ4n) is 0.940.